The van der Waals surface area contributed by atoms with Gasteiger partial charge in [0.05, 0.1) is 5.02 Å². The molecule has 0 atom stereocenters. The number of halogens is 1. The van der Waals surface area contributed by atoms with Crippen molar-refractivity contribution in [3.63, 3.8) is 0 Å². The van der Waals surface area contributed by atoms with Crippen LogP contribution < -0.4 is 15.4 Å². The summed E-state index contributed by atoms with van der Waals surface area (Å²) in [6.07, 6.45) is 3.59. The summed E-state index contributed by atoms with van der Waals surface area (Å²) in [5.74, 6) is 0.464. The van der Waals surface area contributed by atoms with Crippen LogP contribution in [0, 0.1) is 0 Å². The number of hydrogen-bond donors (Lipinski definition) is 2. The molecule has 6 heteroatoms. The van der Waals surface area contributed by atoms with Gasteiger partial charge in [-0.2, -0.15) is 0 Å². The zero-order chi connectivity index (χ0) is 15.4. The molecule has 0 aliphatic carbocycles. The molecule has 1 aromatic heterocycles. The molecule has 2 aromatic rings. The van der Waals surface area contributed by atoms with E-state index in [1.807, 2.05) is 12.1 Å². The van der Waals surface area contributed by atoms with Crippen molar-refractivity contribution in [1.29, 1.82) is 0 Å². The van der Waals surface area contributed by atoms with E-state index in [2.05, 4.69) is 15.6 Å². The molecule has 0 spiro atoms. The average Bonchev–Trinajstić information content (AvgIpc) is 2.55. The number of rotatable bonds is 4. The fraction of sp³-hybridized carbons (Fsp3) is 0.375. The summed E-state index contributed by atoms with van der Waals surface area (Å²) in [5.41, 5.74) is 0.671. The highest BCUT2D eigenvalue weighted by atomic mass is 35.5. The molecule has 22 heavy (non-hydrogen) atoms. The van der Waals surface area contributed by atoms with Crippen LogP contribution in [0.1, 0.15) is 12.8 Å². The van der Waals surface area contributed by atoms with E-state index in [4.69, 9.17) is 16.3 Å². The number of carbonyl (C=O) groups is 1. The Balaban J connectivity index is 1.64. The summed E-state index contributed by atoms with van der Waals surface area (Å²) < 4.78 is 5.63. The molecule has 0 bridgehead atoms. The number of amides is 1. The molecule has 1 saturated heterocycles. The molecular formula is C16H18ClN3O2. The molecule has 1 aliphatic rings. The van der Waals surface area contributed by atoms with Gasteiger partial charge in [-0.25, -0.2) is 0 Å². The van der Waals surface area contributed by atoms with Crippen molar-refractivity contribution in [1.82, 2.24) is 15.6 Å². The number of fused-ring (bicyclic) bond motifs is 1. The van der Waals surface area contributed by atoms with Gasteiger partial charge in [0.1, 0.15) is 11.3 Å². The summed E-state index contributed by atoms with van der Waals surface area (Å²) >= 11 is 6.14. The number of piperidine rings is 1. The second-order valence-corrected chi connectivity index (χ2v) is 5.73. The highest BCUT2D eigenvalue weighted by Crippen LogP contribution is 2.29. The van der Waals surface area contributed by atoms with E-state index in [1.54, 1.807) is 18.3 Å². The van der Waals surface area contributed by atoms with Crippen LogP contribution in [0.2, 0.25) is 5.02 Å². The highest BCUT2D eigenvalue weighted by Gasteiger charge is 2.16. The van der Waals surface area contributed by atoms with E-state index in [-0.39, 0.29) is 18.6 Å². The molecule has 1 amide bonds. The summed E-state index contributed by atoms with van der Waals surface area (Å²) in [5, 5.41) is 7.71. The minimum atomic E-state index is -0.106. The smallest absolute Gasteiger partial charge is 0.258 e. The van der Waals surface area contributed by atoms with Gasteiger partial charge in [0.25, 0.3) is 5.91 Å². The largest absolute Gasteiger partial charge is 0.481 e. The normalized spacial score (nSPS) is 15.7. The summed E-state index contributed by atoms with van der Waals surface area (Å²) in [4.78, 5) is 16.3. The topological polar surface area (TPSA) is 63.2 Å². The zero-order valence-corrected chi connectivity index (χ0v) is 12.9. The number of carbonyl (C=O) groups excluding carboxylic acids is 1. The minimum Gasteiger partial charge on any atom is -0.481 e. The number of nitrogens with zero attached hydrogens (tertiary/aromatic N) is 1. The number of nitrogens with one attached hydrogen (secondary N) is 2. The molecule has 2 N–H and O–H groups in total. The van der Waals surface area contributed by atoms with Crippen molar-refractivity contribution in [3.8, 4) is 5.75 Å². The quantitative estimate of drug-likeness (QED) is 0.906. The standard InChI is InChI=1S/C16H18ClN3O2/c17-13-3-4-14(16-12(13)2-1-7-19-16)22-10-15(21)20-11-5-8-18-9-6-11/h1-4,7,11,18H,5-6,8-10H2,(H,20,21). The van der Waals surface area contributed by atoms with Gasteiger partial charge in [-0.05, 0) is 50.2 Å². The van der Waals surface area contributed by atoms with Crippen LogP contribution in [0.15, 0.2) is 30.5 Å². The molecular weight excluding hydrogens is 302 g/mol. The lowest BCUT2D eigenvalue weighted by atomic mass is 10.1. The van der Waals surface area contributed by atoms with Gasteiger partial charge < -0.3 is 15.4 Å². The van der Waals surface area contributed by atoms with Gasteiger partial charge >= 0.3 is 0 Å². The minimum absolute atomic E-state index is 0.0166. The average molecular weight is 320 g/mol. The Morgan fingerprint density at radius 2 is 2.18 bits per heavy atom. The van der Waals surface area contributed by atoms with Gasteiger partial charge in [-0.15, -0.1) is 0 Å². The van der Waals surface area contributed by atoms with Crippen molar-refractivity contribution in [2.45, 2.75) is 18.9 Å². The number of hydrogen-bond acceptors (Lipinski definition) is 4. The van der Waals surface area contributed by atoms with E-state index < -0.39 is 0 Å². The lowest BCUT2D eigenvalue weighted by Gasteiger charge is -2.23. The molecule has 3 rings (SSSR count). The molecule has 1 aromatic carbocycles. The second-order valence-electron chi connectivity index (χ2n) is 5.33. The van der Waals surface area contributed by atoms with Crippen molar-refractivity contribution in [3.05, 3.63) is 35.5 Å². The van der Waals surface area contributed by atoms with Gasteiger partial charge in [0, 0.05) is 17.6 Å². The van der Waals surface area contributed by atoms with E-state index in [0.717, 1.165) is 31.3 Å². The van der Waals surface area contributed by atoms with Crippen LogP contribution >= 0.6 is 11.6 Å². The number of benzene rings is 1. The first-order valence-corrected chi connectivity index (χ1v) is 7.78. The van der Waals surface area contributed by atoms with Crippen molar-refractivity contribution in [2.24, 2.45) is 0 Å². The lowest BCUT2D eigenvalue weighted by Crippen LogP contribution is -2.44. The van der Waals surface area contributed by atoms with Crippen molar-refractivity contribution < 1.29 is 9.53 Å². The Morgan fingerprint density at radius 3 is 3.00 bits per heavy atom. The Morgan fingerprint density at radius 1 is 1.36 bits per heavy atom. The predicted octanol–water partition coefficient (Wildman–Crippen LogP) is 2.14. The zero-order valence-electron chi connectivity index (χ0n) is 12.1. The SMILES string of the molecule is O=C(COc1ccc(Cl)c2cccnc12)NC1CCNCC1. The maximum Gasteiger partial charge on any atom is 0.258 e. The predicted molar refractivity (Wildman–Crippen MR) is 86.3 cm³/mol. The van der Waals surface area contributed by atoms with E-state index in [0.29, 0.717) is 16.3 Å². The summed E-state index contributed by atoms with van der Waals surface area (Å²) in [6.45, 7) is 1.87. The highest BCUT2D eigenvalue weighted by molar-refractivity contribution is 6.35. The lowest BCUT2D eigenvalue weighted by molar-refractivity contribution is -0.123. The molecule has 1 fully saturated rings. The summed E-state index contributed by atoms with van der Waals surface area (Å²) in [6, 6.07) is 7.44. The van der Waals surface area contributed by atoms with Crippen LogP contribution in [0.3, 0.4) is 0 Å². The van der Waals surface area contributed by atoms with Gasteiger partial charge in [0.15, 0.2) is 6.61 Å². The maximum absolute atomic E-state index is 12.0. The number of ether oxygens (including phenoxy) is 1. The first kappa shape index (κ1) is 15.1. The molecule has 0 unspecified atom stereocenters. The Hall–Kier alpha value is -1.85. The van der Waals surface area contributed by atoms with Crippen LogP contribution in [0.5, 0.6) is 5.75 Å². The third kappa shape index (κ3) is 3.48. The molecule has 5 nitrogen and oxygen atoms in total. The third-order valence-electron chi connectivity index (χ3n) is 3.74. The van der Waals surface area contributed by atoms with Crippen molar-refractivity contribution >= 4 is 28.4 Å². The molecule has 1 aliphatic heterocycles. The van der Waals surface area contributed by atoms with Gasteiger partial charge in [-0.3, -0.25) is 9.78 Å². The molecule has 2 heterocycles. The molecule has 116 valence electrons. The Bertz CT molecular complexity index is 671. The van der Waals surface area contributed by atoms with Crippen LogP contribution in [0.4, 0.5) is 0 Å². The number of pyridine rings is 1. The fourth-order valence-electron chi connectivity index (χ4n) is 2.61. The monoisotopic (exact) mass is 319 g/mol. The van der Waals surface area contributed by atoms with Crippen LogP contribution in [-0.2, 0) is 4.79 Å². The maximum atomic E-state index is 12.0. The third-order valence-corrected chi connectivity index (χ3v) is 4.07. The molecule has 0 saturated carbocycles. The van der Waals surface area contributed by atoms with Gasteiger partial charge in [0.2, 0.25) is 0 Å². The Labute approximate surface area is 134 Å². The summed E-state index contributed by atoms with van der Waals surface area (Å²) in [7, 11) is 0. The fourth-order valence-corrected chi connectivity index (χ4v) is 2.82. The van der Waals surface area contributed by atoms with Crippen molar-refractivity contribution in [2.75, 3.05) is 19.7 Å². The van der Waals surface area contributed by atoms with E-state index in [1.165, 1.54) is 0 Å². The van der Waals surface area contributed by atoms with E-state index in [9.17, 15) is 4.79 Å². The second kappa shape index (κ2) is 6.94. The Kier molecular flexibility index (Phi) is 4.75. The van der Waals surface area contributed by atoms with Crippen LogP contribution in [-0.4, -0.2) is 36.6 Å². The van der Waals surface area contributed by atoms with E-state index >= 15 is 0 Å². The van der Waals surface area contributed by atoms with Crippen LogP contribution in [0.25, 0.3) is 10.9 Å². The first-order chi connectivity index (χ1) is 10.7. The molecule has 0 radical (unpaired) electrons. The first-order valence-electron chi connectivity index (χ1n) is 7.40. The van der Waals surface area contributed by atoms with Gasteiger partial charge in [-0.1, -0.05) is 11.6 Å². The number of aromatic nitrogens is 1.